The van der Waals surface area contributed by atoms with E-state index in [-0.39, 0.29) is 30.6 Å². The highest BCUT2D eigenvalue weighted by atomic mass is 127. The van der Waals surface area contributed by atoms with Crippen LogP contribution in [0.4, 0.5) is 13.2 Å². The van der Waals surface area contributed by atoms with E-state index in [1.54, 1.807) is 0 Å². The first kappa shape index (κ1) is 24.0. The molecule has 0 saturated heterocycles. The molecule has 0 radical (unpaired) electrons. The Balaban J connectivity index is 0.00000576. The van der Waals surface area contributed by atoms with Crippen LogP contribution in [0.25, 0.3) is 0 Å². The summed E-state index contributed by atoms with van der Waals surface area (Å²) in [5.74, 6) is 0.682. The van der Waals surface area contributed by atoms with Gasteiger partial charge in [0.05, 0.1) is 0 Å². The Morgan fingerprint density at radius 3 is 2.48 bits per heavy atom. The van der Waals surface area contributed by atoms with Gasteiger partial charge < -0.3 is 15.4 Å². The first-order chi connectivity index (χ1) is 11.5. The number of nitrogens with one attached hydrogen (secondary N) is 2. The van der Waals surface area contributed by atoms with Crippen molar-refractivity contribution in [2.75, 3.05) is 32.8 Å². The molecule has 144 valence electrons. The van der Waals surface area contributed by atoms with E-state index in [9.17, 15) is 13.2 Å². The monoisotopic (exact) mass is 473 g/mol. The first-order valence-corrected chi connectivity index (χ1v) is 8.22. The van der Waals surface area contributed by atoms with Crippen LogP contribution in [0, 0.1) is 0 Å². The summed E-state index contributed by atoms with van der Waals surface area (Å²) >= 11 is 0. The van der Waals surface area contributed by atoms with E-state index in [4.69, 9.17) is 0 Å². The average Bonchev–Trinajstić information content (AvgIpc) is 2.54. The summed E-state index contributed by atoms with van der Waals surface area (Å²) in [5, 5.41) is 6.21. The van der Waals surface area contributed by atoms with Gasteiger partial charge in [0.25, 0.3) is 0 Å². The predicted molar refractivity (Wildman–Crippen MR) is 106 cm³/mol. The normalized spacial score (nSPS) is 11.8. The van der Waals surface area contributed by atoms with Gasteiger partial charge in [0.15, 0.2) is 5.96 Å². The Morgan fingerprint density at radius 2 is 1.84 bits per heavy atom. The number of halogens is 4. The summed E-state index contributed by atoms with van der Waals surface area (Å²) in [6.07, 6.45) is -1.86. The zero-order valence-electron chi connectivity index (χ0n) is 14.4. The standard InChI is InChI=1S/C17H26F3N3O.HI/c1-2-21-16(23-12-7-13-24-14-17(18,19)20)22-11-6-10-15-8-4-3-5-9-15;/h3-5,8-9H,2,6-7,10-14H2,1H3,(H2,21,22,23);1H. The fraction of sp³-hybridized carbons (Fsp3) is 0.588. The number of ether oxygens (including phenoxy) is 1. The van der Waals surface area contributed by atoms with Crippen LogP contribution in [0.3, 0.4) is 0 Å². The van der Waals surface area contributed by atoms with Crippen molar-refractivity contribution in [1.29, 1.82) is 0 Å². The molecule has 0 aliphatic carbocycles. The van der Waals surface area contributed by atoms with Crippen molar-refractivity contribution < 1.29 is 17.9 Å². The van der Waals surface area contributed by atoms with Gasteiger partial charge in [-0.1, -0.05) is 30.3 Å². The minimum absolute atomic E-state index is 0. The molecule has 0 aromatic heterocycles. The number of rotatable bonds is 10. The molecular weight excluding hydrogens is 446 g/mol. The largest absolute Gasteiger partial charge is 0.411 e. The summed E-state index contributed by atoms with van der Waals surface area (Å²) in [6, 6.07) is 10.2. The highest BCUT2D eigenvalue weighted by Gasteiger charge is 2.27. The SMILES string of the molecule is CCNC(=NCCCc1ccccc1)NCCCOCC(F)(F)F.I. The smallest absolute Gasteiger partial charge is 0.372 e. The molecule has 1 aromatic carbocycles. The van der Waals surface area contributed by atoms with Crippen molar-refractivity contribution in [2.45, 2.75) is 32.4 Å². The van der Waals surface area contributed by atoms with Crippen LogP contribution >= 0.6 is 24.0 Å². The summed E-state index contributed by atoms with van der Waals surface area (Å²) < 4.78 is 40.3. The van der Waals surface area contributed by atoms with Crippen LogP contribution in [0.5, 0.6) is 0 Å². The molecule has 0 aliphatic heterocycles. The van der Waals surface area contributed by atoms with Crippen molar-refractivity contribution in [2.24, 2.45) is 4.99 Å². The second-order valence-electron chi connectivity index (χ2n) is 5.30. The third-order valence-electron chi connectivity index (χ3n) is 3.10. The van der Waals surface area contributed by atoms with Crippen molar-refractivity contribution in [3.8, 4) is 0 Å². The van der Waals surface area contributed by atoms with Gasteiger partial charge in [-0.3, -0.25) is 4.99 Å². The number of hydrogen-bond acceptors (Lipinski definition) is 2. The van der Waals surface area contributed by atoms with Gasteiger partial charge in [-0.25, -0.2) is 0 Å². The van der Waals surface area contributed by atoms with Crippen LogP contribution in [0.1, 0.15) is 25.3 Å². The molecule has 25 heavy (non-hydrogen) atoms. The van der Waals surface area contributed by atoms with Gasteiger partial charge in [0, 0.05) is 26.2 Å². The zero-order valence-corrected chi connectivity index (χ0v) is 16.8. The molecule has 0 bridgehead atoms. The van der Waals surface area contributed by atoms with E-state index in [0.29, 0.717) is 25.5 Å². The summed E-state index contributed by atoms with van der Waals surface area (Å²) in [7, 11) is 0. The van der Waals surface area contributed by atoms with E-state index in [1.807, 2.05) is 25.1 Å². The topological polar surface area (TPSA) is 45.7 Å². The molecule has 0 unspecified atom stereocenters. The lowest BCUT2D eigenvalue weighted by atomic mass is 10.1. The second kappa shape index (κ2) is 14.2. The fourth-order valence-corrected chi connectivity index (χ4v) is 2.03. The Bertz CT molecular complexity index is 470. The van der Waals surface area contributed by atoms with Gasteiger partial charge >= 0.3 is 6.18 Å². The first-order valence-electron chi connectivity index (χ1n) is 8.22. The molecular formula is C17H27F3IN3O. The summed E-state index contributed by atoms with van der Waals surface area (Å²) in [6.45, 7) is 2.78. The van der Waals surface area contributed by atoms with Gasteiger partial charge in [-0.15, -0.1) is 24.0 Å². The number of aliphatic imine (C=N–C) groups is 1. The van der Waals surface area contributed by atoms with Gasteiger partial charge in [0.1, 0.15) is 6.61 Å². The van der Waals surface area contributed by atoms with E-state index >= 15 is 0 Å². The Kier molecular flexibility index (Phi) is 13.6. The van der Waals surface area contributed by atoms with Crippen molar-refractivity contribution in [3.63, 3.8) is 0 Å². The minimum atomic E-state index is -4.26. The highest BCUT2D eigenvalue weighted by Crippen LogP contribution is 2.14. The number of guanidine groups is 1. The molecule has 0 heterocycles. The molecule has 0 atom stereocenters. The lowest BCUT2D eigenvalue weighted by molar-refractivity contribution is -0.173. The molecule has 0 amide bonds. The molecule has 0 spiro atoms. The Hall–Kier alpha value is -1.03. The fourth-order valence-electron chi connectivity index (χ4n) is 2.03. The third-order valence-corrected chi connectivity index (χ3v) is 3.10. The number of benzene rings is 1. The van der Waals surface area contributed by atoms with Crippen LogP contribution in [-0.4, -0.2) is 45.0 Å². The maximum atomic E-state index is 11.9. The Morgan fingerprint density at radius 1 is 1.12 bits per heavy atom. The Labute approximate surface area is 164 Å². The lowest BCUT2D eigenvalue weighted by Crippen LogP contribution is -2.38. The van der Waals surface area contributed by atoms with Crippen LogP contribution in [0.2, 0.25) is 0 Å². The van der Waals surface area contributed by atoms with Crippen LogP contribution < -0.4 is 10.6 Å². The number of hydrogen-bond donors (Lipinski definition) is 2. The van der Waals surface area contributed by atoms with Gasteiger partial charge in [-0.05, 0) is 31.7 Å². The number of nitrogens with zero attached hydrogens (tertiary/aromatic N) is 1. The summed E-state index contributed by atoms with van der Waals surface area (Å²) in [4.78, 5) is 4.46. The van der Waals surface area contributed by atoms with Crippen molar-refractivity contribution in [1.82, 2.24) is 10.6 Å². The van der Waals surface area contributed by atoms with E-state index in [1.165, 1.54) is 5.56 Å². The average molecular weight is 473 g/mol. The quantitative estimate of drug-likeness (QED) is 0.236. The van der Waals surface area contributed by atoms with Crippen LogP contribution in [-0.2, 0) is 11.2 Å². The van der Waals surface area contributed by atoms with E-state index in [0.717, 1.165) is 19.4 Å². The molecule has 1 rings (SSSR count). The number of aryl methyl sites for hydroxylation is 1. The van der Waals surface area contributed by atoms with Crippen molar-refractivity contribution in [3.05, 3.63) is 35.9 Å². The lowest BCUT2D eigenvalue weighted by Gasteiger charge is -2.12. The predicted octanol–water partition coefficient (Wildman–Crippen LogP) is 3.76. The summed E-state index contributed by atoms with van der Waals surface area (Å²) in [5.41, 5.74) is 1.28. The second-order valence-corrected chi connectivity index (χ2v) is 5.30. The molecule has 0 saturated carbocycles. The third kappa shape index (κ3) is 13.9. The van der Waals surface area contributed by atoms with Gasteiger partial charge in [0.2, 0.25) is 0 Å². The molecule has 0 fully saturated rings. The maximum absolute atomic E-state index is 11.9. The van der Waals surface area contributed by atoms with Gasteiger partial charge in [-0.2, -0.15) is 13.2 Å². The molecule has 0 aliphatic rings. The molecule has 1 aromatic rings. The maximum Gasteiger partial charge on any atom is 0.411 e. The minimum Gasteiger partial charge on any atom is -0.372 e. The molecule has 8 heteroatoms. The zero-order chi connectivity index (χ0) is 17.7. The van der Waals surface area contributed by atoms with E-state index < -0.39 is 12.8 Å². The molecule has 4 nitrogen and oxygen atoms in total. The van der Waals surface area contributed by atoms with Crippen molar-refractivity contribution >= 4 is 29.9 Å². The molecule has 2 N–H and O–H groups in total. The van der Waals surface area contributed by atoms with E-state index in [2.05, 4.69) is 32.5 Å². The highest BCUT2D eigenvalue weighted by molar-refractivity contribution is 14.0. The van der Waals surface area contributed by atoms with Crippen LogP contribution in [0.15, 0.2) is 35.3 Å². The number of alkyl halides is 3.